The third kappa shape index (κ3) is 11.5. The van der Waals surface area contributed by atoms with E-state index in [2.05, 4.69) is 46.7 Å². The standard InChI is InChI=1S/C16H18F2N4O2.C4H11N.C2H6.CH4O/c1-3-9(4-2)20-16(24)14-12(8-19-22-14)21-15(23)13-10(17)6-5-7-11(13)18;1-4-5(2)3;2*1-2/h5-9H,3-4H2,1-2H3,(H,19,22)(H,20,24)(H,21,23);4H2,1-3H3;1-2H3;2H,1H3. The molecule has 33 heavy (non-hydrogen) atoms. The molecule has 0 bridgehead atoms. The van der Waals surface area contributed by atoms with E-state index in [4.69, 9.17) is 5.11 Å². The SMILES string of the molecule is CC.CCC(CC)NC(=O)c1[nH]ncc1NC(=O)c1c(F)cccc1F.CCN(C)C.CO. The van der Waals surface area contributed by atoms with E-state index < -0.39 is 29.0 Å². The number of aliphatic hydroxyl groups is 1. The van der Waals surface area contributed by atoms with Crippen LogP contribution in [-0.4, -0.2) is 65.8 Å². The van der Waals surface area contributed by atoms with Gasteiger partial charge in [-0.05, 0) is 45.6 Å². The van der Waals surface area contributed by atoms with Crippen LogP contribution in [0.15, 0.2) is 24.4 Å². The van der Waals surface area contributed by atoms with Gasteiger partial charge in [0.15, 0.2) is 0 Å². The Hall–Kier alpha value is -2.85. The first kappa shape index (κ1) is 32.3. The van der Waals surface area contributed by atoms with Gasteiger partial charge in [-0.15, -0.1) is 0 Å². The van der Waals surface area contributed by atoms with Crippen LogP contribution in [0.2, 0.25) is 0 Å². The van der Waals surface area contributed by atoms with Gasteiger partial charge in [0, 0.05) is 13.2 Å². The molecule has 0 saturated carbocycles. The molecule has 0 fully saturated rings. The molecular formula is C23H39F2N5O3. The van der Waals surface area contributed by atoms with Crippen molar-refractivity contribution < 1.29 is 23.5 Å². The summed E-state index contributed by atoms with van der Waals surface area (Å²) in [4.78, 5) is 26.4. The van der Waals surface area contributed by atoms with Crippen molar-refractivity contribution in [2.75, 3.05) is 33.1 Å². The number of nitrogens with one attached hydrogen (secondary N) is 3. The van der Waals surface area contributed by atoms with Crippen LogP contribution in [0.5, 0.6) is 0 Å². The summed E-state index contributed by atoms with van der Waals surface area (Å²) in [6.45, 7) is 11.1. The molecule has 0 spiro atoms. The van der Waals surface area contributed by atoms with E-state index in [9.17, 15) is 18.4 Å². The Morgan fingerprint density at radius 3 is 1.97 bits per heavy atom. The van der Waals surface area contributed by atoms with Crippen LogP contribution >= 0.6 is 0 Å². The van der Waals surface area contributed by atoms with Crippen LogP contribution in [0.1, 0.15) is 68.3 Å². The number of hydrogen-bond acceptors (Lipinski definition) is 5. The number of anilines is 1. The molecule has 0 atom stereocenters. The molecule has 2 aromatic rings. The fourth-order valence-electron chi connectivity index (χ4n) is 2.20. The van der Waals surface area contributed by atoms with Gasteiger partial charge in [0.1, 0.15) is 22.9 Å². The van der Waals surface area contributed by atoms with Crippen molar-refractivity contribution in [1.29, 1.82) is 0 Å². The Morgan fingerprint density at radius 1 is 1.06 bits per heavy atom. The average molecular weight is 472 g/mol. The number of halogens is 2. The van der Waals surface area contributed by atoms with Crippen LogP contribution in [-0.2, 0) is 0 Å². The molecule has 0 aliphatic rings. The normalized spacial score (nSPS) is 9.61. The molecule has 0 saturated heterocycles. The lowest BCUT2D eigenvalue weighted by molar-refractivity contribution is 0.0930. The Bertz CT molecular complexity index is 789. The van der Waals surface area contributed by atoms with Crippen molar-refractivity contribution in [3.05, 3.63) is 47.3 Å². The van der Waals surface area contributed by atoms with E-state index in [1.807, 2.05) is 27.7 Å². The van der Waals surface area contributed by atoms with E-state index in [1.54, 1.807) is 0 Å². The summed E-state index contributed by atoms with van der Waals surface area (Å²) in [6, 6.07) is 3.10. The summed E-state index contributed by atoms with van der Waals surface area (Å²) in [5, 5.41) is 18.3. The highest BCUT2D eigenvalue weighted by molar-refractivity contribution is 6.08. The summed E-state index contributed by atoms with van der Waals surface area (Å²) < 4.78 is 27.3. The van der Waals surface area contributed by atoms with E-state index >= 15 is 0 Å². The third-order valence-electron chi connectivity index (χ3n) is 4.26. The molecule has 188 valence electrons. The van der Waals surface area contributed by atoms with E-state index in [0.29, 0.717) is 0 Å². The number of aromatic nitrogens is 2. The van der Waals surface area contributed by atoms with Crippen molar-refractivity contribution in [3.8, 4) is 0 Å². The molecule has 1 aromatic carbocycles. The maximum atomic E-state index is 13.6. The van der Waals surface area contributed by atoms with Crippen LogP contribution < -0.4 is 10.6 Å². The predicted molar refractivity (Wildman–Crippen MR) is 128 cm³/mol. The van der Waals surface area contributed by atoms with Crippen LogP contribution in [0, 0.1) is 11.6 Å². The van der Waals surface area contributed by atoms with Gasteiger partial charge in [-0.2, -0.15) is 5.10 Å². The van der Waals surface area contributed by atoms with Crippen LogP contribution in [0.3, 0.4) is 0 Å². The number of benzene rings is 1. The molecule has 0 aliphatic heterocycles. The third-order valence-corrected chi connectivity index (χ3v) is 4.26. The first-order valence-electron chi connectivity index (χ1n) is 10.9. The number of aliphatic hydroxyl groups excluding tert-OH is 1. The molecule has 2 rings (SSSR count). The molecule has 4 N–H and O–H groups in total. The number of amides is 2. The van der Waals surface area contributed by atoms with E-state index in [1.165, 1.54) is 6.20 Å². The number of carbonyl (C=O) groups excluding carboxylic acids is 2. The van der Waals surface area contributed by atoms with Crippen molar-refractivity contribution in [2.24, 2.45) is 0 Å². The summed E-state index contributed by atoms with van der Waals surface area (Å²) in [5.41, 5.74) is -0.650. The zero-order valence-electron chi connectivity index (χ0n) is 20.9. The molecule has 1 aromatic heterocycles. The summed E-state index contributed by atoms with van der Waals surface area (Å²) in [6.07, 6.45) is 2.70. The zero-order chi connectivity index (χ0) is 26.0. The highest BCUT2D eigenvalue weighted by atomic mass is 19.1. The minimum absolute atomic E-state index is 0.0200. The first-order chi connectivity index (χ1) is 15.7. The van der Waals surface area contributed by atoms with Gasteiger partial charge in [0.25, 0.3) is 11.8 Å². The van der Waals surface area contributed by atoms with Crippen molar-refractivity contribution in [1.82, 2.24) is 20.4 Å². The molecule has 0 aliphatic carbocycles. The lowest BCUT2D eigenvalue weighted by atomic mass is 10.1. The Balaban J connectivity index is 0. The summed E-state index contributed by atoms with van der Waals surface area (Å²) >= 11 is 0. The number of H-pyrrole nitrogens is 1. The Kier molecular flexibility index (Phi) is 18.3. The lowest BCUT2D eigenvalue weighted by Gasteiger charge is -2.14. The number of rotatable bonds is 7. The second-order valence-electron chi connectivity index (χ2n) is 6.59. The number of carbonyl (C=O) groups is 2. The van der Waals surface area contributed by atoms with Crippen molar-refractivity contribution in [3.63, 3.8) is 0 Å². The highest BCUT2D eigenvalue weighted by Gasteiger charge is 2.22. The fourth-order valence-corrected chi connectivity index (χ4v) is 2.20. The highest BCUT2D eigenvalue weighted by Crippen LogP contribution is 2.17. The molecule has 0 unspecified atom stereocenters. The molecule has 8 nitrogen and oxygen atoms in total. The minimum Gasteiger partial charge on any atom is -0.400 e. The first-order valence-corrected chi connectivity index (χ1v) is 10.9. The van der Waals surface area contributed by atoms with Gasteiger partial charge in [-0.25, -0.2) is 8.78 Å². The second kappa shape index (κ2) is 18.7. The fraction of sp³-hybridized carbons (Fsp3) is 0.522. The number of nitrogens with zero attached hydrogens (tertiary/aromatic N) is 2. The molecule has 0 radical (unpaired) electrons. The topological polar surface area (TPSA) is 110 Å². The van der Waals surface area contributed by atoms with Gasteiger partial charge >= 0.3 is 0 Å². The van der Waals surface area contributed by atoms with Gasteiger partial charge in [-0.3, -0.25) is 14.7 Å². The molecule has 2 amide bonds. The second-order valence-corrected chi connectivity index (χ2v) is 6.59. The zero-order valence-corrected chi connectivity index (χ0v) is 20.9. The van der Waals surface area contributed by atoms with Crippen molar-refractivity contribution >= 4 is 17.5 Å². The predicted octanol–water partition coefficient (Wildman–Crippen LogP) is 4.06. The van der Waals surface area contributed by atoms with Crippen molar-refractivity contribution in [2.45, 2.75) is 53.5 Å². The van der Waals surface area contributed by atoms with Gasteiger partial charge < -0.3 is 20.6 Å². The number of hydrogen-bond donors (Lipinski definition) is 4. The monoisotopic (exact) mass is 471 g/mol. The van der Waals surface area contributed by atoms with Gasteiger partial charge in [0.05, 0.1) is 11.9 Å². The number of aromatic amines is 1. The molecule has 10 heteroatoms. The lowest BCUT2D eigenvalue weighted by Crippen LogP contribution is -2.34. The largest absolute Gasteiger partial charge is 0.400 e. The minimum atomic E-state index is -0.997. The maximum Gasteiger partial charge on any atom is 0.271 e. The Morgan fingerprint density at radius 2 is 1.55 bits per heavy atom. The van der Waals surface area contributed by atoms with E-state index in [-0.39, 0.29) is 17.4 Å². The summed E-state index contributed by atoms with van der Waals surface area (Å²) in [5.74, 6) is -3.42. The van der Waals surface area contributed by atoms with Crippen LogP contribution in [0.4, 0.5) is 14.5 Å². The van der Waals surface area contributed by atoms with Crippen LogP contribution in [0.25, 0.3) is 0 Å². The quantitative estimate of drug-likeness (QED) is 0.487. The van der Waals surface area contributed by atoms with Gasteiger partial charge in [-0.1, -0.05) is 40.7 Å². The maximum absolute atomic E-state index is 13.6. The van der Waals surface area contributed by atoms with E-state index in [0.717, 1.165) is 44.7 Å². The Labute approximate surface area is 195 Å². The molecular weight excluding hydrogens is 432 g/mol. The average Bonchev–Trinajstić information content (AvgIpc) is 3.28. The smallest absolute Gasteiger partial charge is 0.271 e. The van der Waals surface area contributed by atoms with Gasteiger partial charge in [0.2, 0.25) is 0 Å². The molecule has 1 heterocycles. The summed E-state index contributed by atoms with van der Waals surface area (Å²) in [7, 11) is 5.11.